The molecule has 0 saturated carbocycles. The molecule has 1 fully saturated rings. The molecule has 0 bridgehead atoms. The van der Waals surface area contributed by atoms with Crippen molar-refractivity contribution in [1.82, 2.24) is 5.06 Å². The highest BCUT2D eigenvalue weighted by Crippen LogP contribution is 2.42. The number of benzene rings is 1. The molecule has 1 aliphatic rings. The van der Waals surface area contributed by atoms with Crippen LogP contribution in [0.1, 0.15) is 47.1 Å². The van der Waals surface area contributed by atoms with Crippen LogP contribution in [0.5, 0.6) is 0 Å². The second kappa shape index (κ2) is 10.4. The van der Waals surface area contributed by atoms with Crippen LogP contribution in [0.4, 0.5) is 0 Å². The molecule has 0 unspecified atom stereocenters. The lowest BCUT2D eigenvalue weighted by atomic mass is 10.1. The van der Waals surface area contributed by atoms with Crippen LogP contribution < -0.4 is 0 Å². The molecule has 0 spiro atoms. The van der Waals surface area contributed by atoms with Gasteiger partial charge in [0, 0.05) is 6.54 Å². The Balaban J connectivity index is 2.45. The lowest BCUT2D eigenvalue weighted by Crippen LogP contribution is -2.53. The quantitative estimate of drug-likeness (QED) is 0.307. The molecule has 10 heteroatoms. The molecule has 2 rings (SSSR count). The average molecular weight is 532 g/mol. The second-order valence-electron chi connectivity index (χ2n) is 12.3. The van der Waals surface area contributed by atoms with Gasteiger partial charge in [-0.2, -0.15) is 13.5 Å². The summed E-state index contributed by atoms with van der Waals surface area (Å²) in [7, 11) is -8.13. The first-order chi connectivity index (χ1) is 15.2. The van der Waals surface area contributed by atoms with Crippen molar-refractivity contribution in [2.75, 3.05) is 12.9 Å². The van der Waals surface area contributed by atoms with E-state index in [2.05, 4.69) is 67.7 Å². The zero-order valence-electron chi connectivity index (χ0n) is 22.8. The molecule has 196 valence electrons. The maximum Gasteiger partial charge on any atom is 0.267 e. The van der Waals surface area contributed by atoms with Crippen molar-refractivity contribution in [1.29, 1.82) is 0 Å². The van der Waals surface area contributed by atoms with Crippen molar-refractivity contribution in [3.63, 3.8) is 0 Å². The van der Waals surface area contributed by atoms with E-state index in [1.54, 1.807) is 5.06 Å². The number of hydrogen-bond acceptors (Lipinski definition) is 7. The summed E-state index contributed by atoms with van der Waals surface area (Å²) < 4.78 is 43.1. The van der Waals surface area contributed by atoms with Gasteiger partial charge in [0.25, 0.3) is 10.1 Å². The highest BCUT2D eigenvalue weighted by molar-refractivity contribution is 7.86. The first-order valence-corrected chi connectivity index (χ1v) is 19.5. The van der Waals surface area contributed by atoms with E-state index in [9.17, 15) is 8.42 Å². The molecular weight excluding hydrogens is 487 g/mol. The Kier molecular flexibility index (Phi) is 9.07. The van der Waals surface area contributed by atoms with Gasteiger partial charge in [0.1, 0.15) is 6.10 Å². The van der Waals surface area contributed by atoms with E-state index in [4.69, 9.17) is 17.9 Å². The number of nitrogens with zero attached hydrogens (tertiary/aromatic N) is 1. The summed E-state index contributed by atoms with van der Waals surface area (Å²) in [6.07, 6.45) is -0.634. The molecule has 1 aromatic carbocycles. The van der Waals surface area contributed by atoms with E-state index in [1.165, 1.54) is 0 Å². The van der Waals surface area contributed by atoms with Crippen molar-refractivity contribution < 1.29 is 26.3 Å². The minimum Gasteiger partial charge on any atom is -0.415 e. The van der Waals surface area contributed by atoms with Gasteiger partial charge in [0.15, 0.2) is 16.6 Å². The SMILES string of the molecule is CC(C)(C)[Si](C)(C)OC[C@@H]1[C@@H](O[Si](C)(C)C(C)(C)C)[C@@H](OS(C)(=O)=O)ON1Cc1ccccc1. The molecule has 0 radical (unpaired) electrons. The van der Waals surface area contributed by atoms with E-state index in [0.29, 0.717) is 13.2 Å². The molecule has 0 aromatic heterocycles. The van der Waals surface area contributed by atoms with Crippen molar-refractivity contribution in [3.8, 4) is 0 Å². The molecular formula is C24H45NO6SSi2. The summed E-state index contributed by atoms with van der Waals surface area (Å²) in [6.45, 7) is 22.6. The summed E-state index contributed by atoms with van der Waals surface area (Å²) in [4.78, 5) is 6.14. The highest BCUT2D eigenvalue weighted by Gasteiger charge is 2.52. The van der Waals surface area contributed by atoms with Gasteiger partial charge in [-0.15, -0.1) is 0 Å². The topological polar surface area (TPSA) is 74.3 Å². The fourth-order valence-corrected chi connectivity index (χ4v) is 5.93. The number of hydrogen-bond donors (Lipinski definition) is 0. The Morgan fingerprint density at radius 1 is 0.941 bits per heavy atom. The standard InChI is InChI=1S/C24H45NO6SSi2/c1-23(2,3)33(8,9)28-18-20-21(31-34(10,11)24(4,5)6)22(30-32(7,26)27)29-25(20)17-19-15-13-12-14-16-19/h12-16,20-22H,17-18H2,1-11H3/t20-,21-,22-/m1/s1. The van der Waals surface area contributed by atoms with Crippen LogP contribution in [0, 0.1) is 0 Å². The van der Waals surface area contributed by atoms with E-state index < -0.39 is 39.1 Å². The molecule has 1 heterocycles. The summed E-state index contributed by atoms with van der Waals surface area (Å²) in [6, 6.07) is 9.62. The maximum absolute atomic E-state index is 12.1. The van der Waals surface area contributed by atoms with Crippen LogP contribution >= 0.6 is 0 Å². The Bertz CT molecular complexity index is 910. The highest BCUT2D eigenvalue weighted by atomic mass is 32.2. The van der Waals surface area contributed by atoms with E-state index in [1.807, 2.05) is 30.3 Å². The zero-order valence-corrected chi connectivity index (χ0v) is 25.7. The average Bonchev–Trinajstić information content (AvgIpc) is 2.93. The predicted octanol–water partition coefficient (Wildman–Crippen LogP) is 5.52. The van der Waals surface area contributed by atoms with Crippen molar-refractivity contribution in [2.45, 2.75) is 103 Å². The molecule has 0 N–H and O–H groups in total. The Labute approximate surface area is 209 Å². The van der Waals surface area contributed by atoms with Gasteiger partial charge in [-0.1, -0.05) is 71.9 Å². The van der Waals surface area contributed by atoms with Crippen molar-refractivity contribution in [2.24, 2.45) is 0 Å². The lowest BCUT2D eigenvalue weighted by molar-refractivity contribution is -0.222. The van der Waals surface area contributed by atoms with Gasteiger partial charge in [-0.05, 0) is 41.8 Å². The molecule has 3 atom stereocenters. The maximum atomic E-state index is 12.1. The summed E-state index contributed by atoms with van der Waals surface area (Å²) >= 11 is 0. The zero-order chi connectivity index (χ0) is 26.2. The predicted molar refractivity (Wildman–Crippen MR) is 142 cm³/mol. The van der Waals surface area contributed by atoms with Gasteiger partial charge in [-0.25, -0.2) is 4.18 Å². The molecule has 1 aliphatic heterocycles. The van der Waals surface area contributed by atoms with Crippen LogP contribution in [0.25, 0.3) is 0 Å². The third-order valence-corrected chi connectivity index (χ3v) is 16.9. The van der Waals surface area contributed by atoms with E-state index in [0.717, 1.165) is 11.8 Å². The Hall–Kier alpha value is -0.596. The fourth-order valence-electron chi connectivity index (χ4n) is 3.12. The fraction of sp³-hybridized carbons (Fsp3) is 0.750. The molecule has 7 nitrogen and oxygen atoms in total. The van der Waals surface area contributed by atoms with Gasteiger partial charge >= 0.3 is 0 Å². The molecule has 1 aromatic rings. The van der Waals surface area contributed by atoms with Crippen molar-refractivity contribution in [3.05, 3.63) is 35.9 Å². The van der Waals surface area contributed by atoms with Crippen LogP contribution in [0.15, 0.2) is 30.3 Å². The van der Waals surface area contributed by atoms with E-state index >= 15 is 0 Å². The summed E-state index contributed by atoms with van der Waals surface area (Å²) in [5.74, 6) is 0. The van der Waals surface area contributed by atoms with Crippen LogP contribution in [-0.2, 0) is 34.5 Å². The Morgan fingerprint density at radius 2 is 1.47 bits per heavy atom. The summed E-state index contributed by atoms with van der Waals surface area (Å²) in [5, 5.41) is 1.76. The number of rotatable bonds is 9. The van der Waals surface area contributed by atoms with Gasteiger partial charge in [0.2, 0.25) is 6.29 Å². The molecule has 0 amide bonds. The number of hydroxylamine groups is 2. The monoisotopic (exact) mass is 531 g/mol. The van der Waals surface area contributed by atoms with Gasteiger partial charge in [-0.3, -0.25) is 4.84 Å². The first kappa shape index (κ1) is 29.6. The van der Waals surface area contributed by atoms with Gasteiger partial charge in [0.05, 0.1) is 18.9 Å². The lowest BCUT2D eigenvalue weighted by Gasteiger charge is -2.41. The normalized spacial score (nSPS) is 23.4. The second-order valence-corrected chi connectivity index (χ2v) is 23.5. The molecule has 0 aliphatic carbocycles. The summed E-state index contributed by atoms with van der Waals surface area (Å²) in [5.41, 5.74) is 1.05. The smallest absolute Gasteiger partial charge is 0.267 e. The van der Waals surface area contributed by atoms with Crippen LogP contribution in [-0.4, -0.2) is 61.4 Å². The van der Waals surface area contributed by atoms with Crippen molar-refractivity contribution >= 4 is 26.8 Å². The first-order valence-electron chi connectivity index (χ1n) is 11.9. The third-order valence-electron chi connectivity index (χ3n) is 7.37. The van der Waals surface area contributed by atoms with Crippen LogP contribution in [0.3, 0.4) is 0 Å². The van der Waals surface area contributed by atoms with Gasteiger partial charge < -0.3 is 8.85 Å². The third kappa shape index (κ3) is 7.70. The molecule has 34 heavy (non-hydrogen) atoms. The Morgan fingerprint density at radius 3 is 1.94 bits per heavy atom. The van der Waals surface area contributed by atoms with E-state index in [-0.39, 0.29) is 16.1 Å². The molecule has 1 saturated heterocycles. The minimum atomic E-state index is -3.77. The van der Waals surface area contributed by atoms with Crippen LogP contribution in [0.2, 0.25) is 36.3 Å². The minimum absolute atomic E-state index is 0.0369. The largest absolute Gasteiger partial charge is 0.415 e.